The number of ketones is 2. The van der Waals surface area contributed by atoms with E-state index < -0.39 is 42.0 Å². The average Bonchev–Trinajstić information content (AvgIpc) is 3.20. The van der Waals surface area contributed by atoms with E-state index in [4.69, 9.17) is 4.74 Å². The molecule has 0 radical (unpaired) electrons. The number of aliphatic hydroxyl groups is 2. The minimum Gasteiger partial charge on any atom is -0.457 e. The lowest BCUT2D eigenvalue weighted by atomic mass is 9.81. The van der Waals surface area contributed by atoms with Gasteiger partial charge in [-0.15, -0.1) is 11.3 Å². The maximum absolute atomic E-state index is 12.8. The van der Waals surface area contributed by atoms with Crippen molar-refractivity contribution in [2.24, 2.45) is 17.8 Å². The van der Waals surface area contributed by atoms with Crippen LogP contribution in [0.25, 0.3) is 6.08 Å². The van der Waals surface area contributed by atoms with Gasteiger partial charge in [0.15, 0.2) is 0 Å². The molecular formula is C26H37NO6S. The summed E-state index contributed by atoms with van der Waals surface area (Å²) < 4.78 is 5.72. The summed E-state index contributed by atoms with van der Waals surface area (Å²) in [7, 11) is 0. The molecule has 1 aromatic rings. The average molecular weight is 492 g/mol. The molecule has 0 saturated carbocycles. The van der Waals surface area contributed by atoms with Crippen LogP contribution in [0.5, 0.6) is 0 Å². The van der Waals surface area contributed by atoms with E-state index in [0.29, 0.717) is 12.8 Å². The van der Waals surface area contributed by atoms with Gasteiger partial charge in [-0.25, -0.2) is 4.98 Å². The number of carbonyl (C=O) groups is 3. The minimum atomic E-state index is -1.25. The van der Waals surface area contributed by atoms with Gasteiger partial charge >= 0.3 is 5.97 Å². The lowest BCUT2D eigenvalue weighted by molar-refractivity contribution is -0.151. The Morgan fingerprint density at radius 1 is 1.09 bits per heavy atom. The fourth-order valence-corrected chi connectivity index (χ4v) is 4.58. The van der Waals surface area contributed by atoms with Gasteiger partial charge in [-0.2, -0.15) is 0 Å². The summed E-state index contributed by atoms with van der Waals surface area (Å²) in [6.07, 6.45) is 1.70. The van der Waals surface area contributed by atoms with Gasteiger partial charge in [0.2, 0.25) is 0 Å². The third-order valence-corrected chi connectivity index (χ3v) is 7.41. The molecule has 0 aliphatic carbocycles. The number of aryl methyl sites for hydroxylation is 1. The molecule has 2 heterocycles. The molecule has 2 rings (SSSR count). The molecule has 0 spiro atoms. The van der Waals surface area contributed by atoms with Crippen LogP contribution in [0.2, 0.25) is 0 Å². The molecule has 188 valence electrons. The number of hydrogen-bond donors (Lipinski definition) is 2. The quantitative estimate of drug-likeness (QED) is 0.474. The van der Waals surface area contributed by atoms with E-state index in [-0.39, 0.29) is 24.4 Å². The molecule has 2 N–H and O–H groups in total. The second-order valence-corrected chi connectivity index (χ2v) is 10.5. The Hall–Kier alpha value is -2.16. The highest BCUT2D eigenvalue weighted by Gasteiger charge is 2.36. The maximum Gasteiger partial charge on any atom is 0.309 e. The predicted molar refractivity (Wildman–Crippen MR) is 132 cm³/mol. The van der Waals surface area contributed by atoms with Crippen molar-refractivity contribution in [2.75, 3.05) is 0 Å². The molecule has 6 atom stereocenters. The standard InChI is InChI=1S/C26H37NO6S/c1-14-7-9-21(28)16(3)25(31)18(5)26(32)17(4)22(29)12-24(30)33-23(10-8-14)15(2)11-20-13-34-19(6)27-20/h8,11,13,16-18,22-23,25,29,31H,7,9-10,12H2,1-6H3. The van der Waals surface area contributed by atoms with E-state index in [1.165, 1.54) is 18.3 Å². The Morgan fingerprint density at radius 2 is 1.76 bits per heavy atom. The topological polar surface area (TPSA) is 114 Å². The number of allylic oxidation sites excluding steroid dienone is 1. The lowest BCUT2D eigenvalue weighted by Crippen LogP contribution is -2.40. The van der Waals surface area contributed by atoms with Crippen LogP contribution in [0, 0.1) is 24.7 Å². The second-order valence-electron chi connectivity index (χ2n) is 9.44. The molecule has 1 aliphatic rings. The first-order valence-electron chi connectivity index (χ1n) is 11.8. The molecule has 0 amide bonds. The molecule has 8 heteroatoms. The highest BCUT2D eigenvalue weighted by molar-refractivity contribution is 7.09. The van der Waals surface area contributed by atoms with E-state index >= 15 is 0 Å². The zero-order valence-corrected chi connectivity index (χ0v) is 21.7. The number of nitrogens with zero attached hydrogens (tertiary/aromatic N) is 1. The van der Waals surface area contributed by atoms with E-state index in [9.17, 15) is 24.6 Å². The van der Waals surface area contributed by atoms with Crippen molar-refractivity contribution in [3.8, 4) is 0 Å². The molecular weight excluding hydrogens is 454 g/mol. The molecule has 1 aliphatic heterocycles. The number of thiazole rings is 1. The van der Waals surface area contributed by atoms with Gasteiger partial charge in [0, 0.05) is 36.0 Å². The van der Waals surface area contributed by atoms with Gasteiger partial charge in [-0.1, -0.05) is 32.4 Å². The number of hydrogen-bond acceptors (Lipinski definition) is 8. The Morgan fingerprint density at radius 3 is 2.38 bits per heavy atom. The van der Waals surface area contributed by atoms with Gasteiger partial charge in [-0.3, -0.25) is 14.4 Å². The number of aliphatic hydroxyl groups excluding tert-OH is 2. The van der Waals surface area contributed by atoms with Crippen LogP contribution >= 0.6 is 11.3 Å². The Balaban J connectivity index is 2.33. The second kappa shape index (κ2) is 12.5. The molecule has 1 aromatic heterocycles. The maximum atomic E-state index is 12.8. The van der Waals surface area contributed by atoms with E-state index in [1.54, 1.807) is 13.8 Å². The fraction of sp³-hybridized carbons (Fsp3) is 0.615. The van der Waals surface area contributed by atoms with Crippen LogP contribution in [0.1, 0.15) is 71.0 Å². The zero-order chi connectivity index (χ0) is 25.6. The molecule has 34 heavy (non-hydrogen) atoms. The van der Waals surface area contributed by atoms with Gasteiger partial charge in [0.1, 0.15) is 17.7 Å². The predicted octanol–water partition coefficient (Wildman–Crippen LogP) is 4.06. The monoisotopic (exact) mass is 491 g/mol. The first-order chi connectivity index (χ1) is 15.9. The minimum absolute atomic E-state index is 0.113. The van der Waals surface area contributed by atoms with Gasteiger partial charge < -0.3 is 14.9 Å². The van der Waals surface area contributed by atoms with Crippen LogP contribution in [-0.4, -0.2) is 51.0 Å². The SMILES string of the molecule is CC1=CCC(C(C)=Cc2csc(C)n2)OC(=O)CC(O)C(C)C(=O)C(C)C(O)C(C)C(=O)CC1. The largest absolute Gasteiger partial charge is 0.457 e. The van der Waals surface area contributed by atoms with E-state index in [2.05, 4.69) is 4.98 Å². The summed E-state index contributed by atoms with van der Waals surface area (Å²) in [6.45, 7) is 10.4. The lowest BCUT2D eigenvalue weighted by Gasteiger charge is -2.27. The van der Waals surface area contributed by atoms with Gasteiger partial charge in [0.25, 0.3) is 0 Å². The summed E-state index contributed by atoms with van der Waals surface area (Å²) in [6, 6.07) is 0. The first-order valence-corrected chi connectivity index (χ1v) is 12.7. The third-order valence-electron chi connectivity index (χ3n) is 6.62. The summed E-state index contributed by atoms with van der Waals surface area (Å²) in [5.41, 5.74) is 2.57. The molecule has 0 saturated heterocycles. The number of Topliss-reactive ketones (excluding diaryl/α,β-unsaturated/α-hetero) is 2. The zero-order valence-electron chi connectivity index (χ0n) is 20.9. The highest BCUT2D eigenvalue weighted by Crippen LogP contribution is 2.25. The third kappa shape index (κ3) is 7.68. The van der Waals surface area contributed by atoms with Crippen LogP contribution < -0.4 is 0 Å². The number of rotatable bonds is 2. The first kappa shape index (κ1) is 28.1. The van der Waals surface area contributed by atoms with Gasteiger partial charge in [0.05, 0.1) is 29.3 Å². The van der Waals surface area contributed by atoms with E-state index in [1.807, 2.05) is 38.3 Å². The number of carbonyl (C=O) groups excluding carboxylic acids is 3. The molecule has 0 bridgehead atoms. The van der Waals surface area contributed by atoms with Gasteiger partial charge in [-0.05, 0) is 38.8 Å². The Kier molecular flexibility index (Phi) is 10.3. The van der Waals surface area contributed by atoms with Crippen molar-refractivity contribution in [3.63, 3.8) is 0 Å². The fourth-order valence-electron chi connectivity index (χ4n) is 4.01. The number of ether oxygens (including phenoxy) is 1. The van der Waals surface area contributed by atoms with Crippen LogP contribution in [-0.2, 0) is 19.1 Å². The molecule has 7 nitrogen and oxygen atoms in total. The summed E-state index contributed by atoms with van der Waals surface area (Å²) >= 11 is 1.53. The molecule has 6 unspecified atom stereocenters. The number of aromatic nitrogens is 1. The van der Waals surface area contributed by atoms with E-state index in [0.717, 1.165) is 21.8 Å². The van der Waals surface area contributed by atoms with Crippen molar-refractivity contribution in [3.05, 3.63) is 33.3 Å². The highest BCUT2D eigenvalue weighted by atomic mass is 32.1. The smallest absolute Gasteiger partial charge is 0.309 e. The normalized spacial score (nSPS) is 31.2. The van der Waals surface area contributed by atoms with Crippen LogP contribution in [0.4, 0.5) is 0 Å². The molecule has 0 aromatic carbocycles. The number of esters is 1. The van der Waals surface area contributed by atoms with Crippen LogP contribution in [0.15, 0.2) is 22.6 Å². The van der Waals surface area contributed by atoms with Crippen LogP contribution in [0.3, 0.4) is 0 Å². The van der Waals surface area contributed by atoms with Crippen molar-refractivity contribution >= 4 is 34.9 Å². The Labute approximate surface area is 205 Å². The van der Waals surface area contributed by atoms with Crippen molar-refractivity contribution in [1.29, 1.82) is 0 Å². The summed E-state index contributed by atoms with van der Waals surface area (Å²) in [5.74, 6) is -3.53. The Bertz CT molecular complexity index is 949. The summed E-state index contributed by atoms with van der Waals surface area (Å²) in [5, 5.41) is 24.0. The summed E-state index contributed by atoms with van der Waals surface area (Å²) in [4.78, 5) is 42.6. The van der Waals surface area contributed by atoms with Crippen molar-refractivity contribution in [1.82, 2.24) is 4.98 Å². The van der Waals surface area contributed by atoms with Crippen molar-refractivity contribution in [2.45, 2.75) is 85.5 Å². The molecule has 0 fully saturated rings. The van der Waals surface area contributed by atoms with Crippen molar-refractivity contribution < 1.29 is 29.3 Å². The number of cyclic esters (lactones) is 1.